The highest BCUT2D eigenvalue weighted by atomic mass is 127. The topological polar surface area (TPSA) is 26.0 Å². The van der Waals surface area contributed by atoms with E-state index in [9.17, 15) is 0 Å². The molecule has 0 rings (SSSR count). The van der Waals surface area contributed by atoms with Crippen molar-refractivity contribution in [3.05, 3.63) is 0 Å². The first kappa shape index (κ1) is 7.56. The largest absolute Gasteiger partial charge is 0.330 e. The molecule has 0 aromatic rings. The Hall–Kier alpha value is 0.560. The van der Waals surface area contributed by atoms with Gasteiger partial charge in [-0.25, -0.2) is 0 Å². The molecule has 0 saturated carbocycles. The maximum atomic E-state index is 5.30. The summed E-state index contributed by atoms with van der Waals surface area (Å²) >= 11 is 0.375. The Morgan fingerprint density at radius 3 is 2.43 bits per heavy atom. The van der Waals surface area contributed by atoms with Gasteiger partial charge in [0.2, 0.25) is 0 Å². The van der Waals surface area contributed by atoms with Gasteiger partial charge < -0.3 is 5.73 Å². The van der Waals surface area contributed by atoms with Gasteiger partial charge in [-0.05, 0) is 28.3 Å². The van der Waals surface area contributed by atoms with Gasteiger partial charge in [-0.15, -0.1) is 20.7 Å². The molecule has 0 amide bonds. The molecule has 7 heavy (non-hydrogen) atoms. The average molecular weight is 213 g/mol. The molecule has 44 valence electrons. The van der Waals surface area contributed by atoms with Crippen LogP contribution < -0.4 is 5.73 Å². The molecule has 0 aromatic carbocycles. The molecule has 0 aliphatic carbocycles. The van der Waals surface area contributed by atoms with Crippen LogP contribution in [0.4, 0.5) is 0 Å². The molecule has 0 aliphatic rings. The van der Waals surface area contributed by atoms with Gasteiger partial charge in [-0.3, -0.25) is 0 Å². The van der Waals surface area contributed by atoms with Gasteiger partial charge in [-0.1, -0.05) is 0 Å². The molecular formula is C5H12IN. The maximum Gasteiger partial charge on any atom is -0.00358 e. The van der Waals surface area contributed by atoms with Crippen LogP contribution in [0.3, 0.4) is 0 Å². The summed E-state index contributed by atoms with van der Waals surface area (Å²) in [4.78, 5) is 2.27. The second kappa shape index (κ2) is 4.71. The number of hydrogen-bond donors (Lipinski definition) is 1. The summed E-state index contributed by atoms with van der Waals surface area (Å²) in [7, 11) is 0. The molecule has 0 atom stereocenters. The Labute approximate surface area is 55.0 Å². The van der Waals surface area contributed by atoms with Crippen molar-refractivity contribution in [3.8, 4) is 0 Å². The standard InChI is InChI=1S/C5H12IN/c1-5(6-2)3-4-7/h3-4,7H2,1-2H3. The lowest BCUT2D eigenvalue weighted by Crippen LogP contribution is -2.02. The molecule has 0 saturated heterocycles. The highest BCUT2D eigenvalue weighted by Crippen LogP contribution is 1.94. The lowest BCUT2D eigenvalue weighted by atomic mass is 10.3. The predicted octanol–water partition coefficient (Wildman–Crippen LogP) is 1.13. The van der Waals surface area contributed by atoms with Crippen LogP contribution in [0, 0.1) is 0 Å². The molecule has 0 bridgehead atoms. The third-order valence-corrected chi connectivity index (χ3v) is 3.19. The number of nitrogens with two attached hydrogens (primary N) is 1. The van der Waals surface area contributed by atoms with E-state index in [1.165, 1.54) is 0 Å². The van der Waals surface area contributed by atoms with Crippen molar-refractivity contribution < 1.29 is 0 Å². The molecule has 0 aliphatic heterocycles. The summed E-state index contributed by atoms with van der Waals surface area (Å²) in [6.45, 7) is 3.03. The predicted molar refractivity (Wildman–Crippen MR) is 44.3 cm³/mol. The van der Waals surface area contributed by atoms with Crippen molar-refractivity contribution in [2.24, 2.45) is 5.73 Å². The summed E-state index contributed by atoms with van der Waals surface area (Å²) in [6, 6.07) is 0. The highest BCUT2D eigenvalue weighted by Gasteiger charge is 1.80. The minimum absolute atomic E-state index is 0.375. The van der Waals surface area contributed by atoms with Crippen LogP contribution >= 0.6 is 20.7 Å². The Morgan fingerprint density at radius 1 is 1.71 bits per heavy atom. The summed E-state index contributed by atoms with van der Waals surface area (Å²) in [5.74, 6) is 0. The van der Waals surface area contributed by atoms with Gasteiger partial charge in [0.25, 0.3) is 0 Å². The van der Waals surface area contributed by atoms with E-state index in [0.717, 1.165) is 13.0 Å². The van der Waals surface area contributed by atoms with Crippen molar-refractivity contribution in [2.45, 2.75) is 13.3 Å². The molecule has 0 radical (unpaired) electrons. The van der Waals surface area contributed by atoms with Crippen LogP contribution in [-0.2, 0) is 0 Å². The van der Waals surface area contributed by atoms with Crippen LogP contribution in [0.15, 0.2) is 0 Å². The molecule has 1 nitrogen and oxygen atoms in total. The molecule has 0 fully saturated rings. The SMILES string of the molecule is CI=C(C)CCN. The van der Waals surface area contributed by atoms with Gasteiger partial charge in [0.1, 0.15) is 0 Å². The first-order valence-electron chi connectivity index (χ1n) is 2.33. The zero-order chi connectivity index (χ0) is 5.70. The Kier molecular flexibility index (Phi) is 5.09. The van der Waals surface area contributed by atoms with Crippen LogP contribution in [0.25, 0.3) is 0 Å². The van der Waals surface area contributed by atoms with E-state index in [1.54, 1.807) is 3.51 Å². The summed E-state index contributed by atoms with van der Waals surface area (Å²) in [5.41, 5.74) is 5.30. The average Bonchev–Trinajstić information content (AvgIpc) is 1.68. The normalized spacial score (nSPS) is 13.3. The van der Waals surface area contributed by atoms with Crippen LogP contribution in [-0.4, -0.2) is 15.0 Å². The van der Waals surface area contributed by atoms with E-state index in [0.29, 0.717) is 20.7 Å². The van der Waals surface area contributed by atoms with Gasteiger partial charge >= 0.3 is 0 Å². The summed E-state index contributed by atoms with van der Waals surface area (Å²) in [6.07, 6.45) is 1.14. The van der Waals surface area contributed by atoms with E-state index in [4.69, 9.17) is 5.73 Å². The first-order chi connectivity index (χ1) is 3.31. The highest BCUT2D eigenvalue weighted by molar-refractivity contribution is 14.2. The molecule has 0 spiro atoms. The molecule has 2 N–H and O–H groups in total. The van der Waals surface area contributed by atoms with Gasteiger partial charge in [0.05, 0.1) is 0 Å². The zero-order valence-electron chi connectivity index (χ0n) is 4.87. The minimum atomic E-state index is 0.375. The zero-order valence-corrected chi connectivity index (χ0v) is 7.03. The van der Waals surface area contributed by atoms with Crippen molar-refractivity contribution in [3.63, 3.8) is 0 Å². The first-order valence-corrected chi connectivity index (χ1v) is 5.56. The van der Waals surface area contributed by atoms with Crippen LogP contribution in [0.2, 0.25) is 0 Å². The Balaban J connectivity index is 3.17. The van der Waals surface area contributed by atoms with Crippen molar-refractivity contribution >= 4 is 24.2 Å². The minimum Gasteiger partial charge on any atom is -0.330 e. The monoisotopic (exact) mass is 213 g/mol. The third-order valence-electron chi connectivity index (χ3n) is 0.811. The summed E-state index contributed by atoms with van der Waals surface area (Å²) < 4.78 is 1.61. The van der Waals surface area contributed by atoms with Gasteiger partial charge in [0, 0.05) is 0 Å². The van der Waals surface area contributed by atoms with E-state index in [1.807, 2.05) is 0 Å². The van der Waals surface area contributed by atoms with Gasteiger partial charge in [0.15, 0.2) is 0 Å². The van der Waals surface area contributed by atoms with Crippen molar-refractivity contribution in [1.29, 1.82) is 0 Å². The number of alkyl halides is 1. The lowest BCUT2D eigenvalue weighted by molar-refractivity contribution is 1.05. The fourth-order valence-electron chi connectivity index (χ4n) is 0.293. The van der Waals surface area contributed by atoms with Crippen molar-refractivity contribution in [2.75, 3.05) is 11.5 Å². The summed E-state index contributed by atoms with van der Waals surface area (Å²) in [5, 5.41) is 0. The quantitative estimate of drug-likeness (QED) is 0.540. The molecule has 0 unspecified atom stereocenters. The Bertz CT molecular complexity index is 68.5. The maximum absolute atomic E-state index is 5.30. The smallest absolute Gasteiger partial charge is 0.00358 e. The molecule has 0 aromatic heterocycles. The van der Waals surface area contributed by atoms with Crippen molar-refractivity contribution in [1.82, 2.24) is 0 Å². The second-order valence-corrected chi connectivity index (χ2v) is 4.32. The van der Waals surface area contributed by atoms with Crippen LogP contribution in [0.5, 0.6) is 0 Å². The molecular weight excluding hydrogens is 201 g/mol. The van der Waals surface area contributed by atoms with E-state index >= 15 is 0 Å². The Morgan fingerprint density at radius 2 is 2.29 bits per heavy atom. The number of rotatable bonds is 2. The van der Waals surface area contributed by atoms with E-state index in [2.05, 4.69) is 11.9 Å². The van der Waals surface area contributed by atoms with E-state index < -0.39 is 0 Å². The molecule has 2 heteroatoms. The fraction of sp³-hybridized carbons (Fsp3) is 0.800. The van der Waals surface area contributed by atoms with Gasteiger partial charge in [-0.2, -0.15) is 0 Å². The van der Waals surface area contributed by atoms with E-state index in [-0.39, 0.29) is 0 Å². The fourth-order valence-corrected chi connectivity index (χ4v) is 1.14. The second-order valence-electron chi connectivity index (χ2n) is 1.40. The lowest BCUT2D eigenvalue weighted by Gasteiger charge is -1.90. The number of halogens is 1. The number of hydrogen-bond acceptors (Lipinski definition) is 1. The van der Waals surface area contributed by atoms with Crippen LogP contribution in [0.1, 0.15) is 13.3 Å². The third kappa shape index (κ3) is 4.41. The molecule has 0 heterocycles.